The average Bonchev–Trinajstić information content (AvgIpc) is 3.25. The van der Waals surface area contributed by atoms with Gasteiger partial charge in [0.2, 0.25) is 11.9 Å². The molecule has 10 heteroatoms. The van der Waals surface area contributed by atoms with Gasteiger partial charge in [-0.05, 0) is 33.3 Å². The van der Waals surface area contributed by atoms with Gasteiger partial charge in [0.15, 0.2) is 0 Å². The van der Waals surface area contributed by atoms with Crippen LogP contribution < -0.4 is 0 Å². The van der Waals surface area contributed by atoms with Gasteiger partial charge in [0.1, 0.15) is 5.69 Å². The number of amidine groups is 1. The number of ether oxygens (including phenoxy) is 1. The van der Waals surface area contributed by atoms with Crippen molar-refractivity contribution in [2.45, 2.75) is 33.7 Å². The number of nitrogens with zero attached hydrogens (tertiary/aromatic N) is 7. The van der Waals surface area contributed by atoms with Gasteiger partial charge in [0, 0.05) is 38.8 Å². The van der Waals surface area contributed by atoms with E-state index in [0.29, 0.717) is 44.6 Å². The number of hydrogen-bond acceptors (Lipinski definition) is 6. The Morgan fingerprint density at radius 3 is 2.47 bits per heavy atom. The van der Waals surface area contributed by atoms with Crippen molar-refractivity contribution in [2.75, 3.05) is 53.0 Å². The van der Waals surface area contributed by atoms with Crippen LogP contribution in [0.25, 0.3) is 0 Å². The molecule has 0 radical (unpaired) electrons. The minimum Gasteiger partial charge on any atom is -0.379 e. The van der Waals surface area contributed by atoms with E-state index in [1.165, 1.54) is 9.80 Å². The number of aromatic nitrogens is 2. The molecule has 4 rings (SSSR count). The summed E-state index contributed by atoms with van der Waals surface area (Å²) in [6.45, 7) is 16.3. The second-order valence-electron chi connectivity index (χ2n) is 8.75. The zero-order valence-electron chi connectivity index (χ0n) is 19.6. The topological polar surface area (TPSA) is 86.3 Å². The number of hydrogen-bond donors (Lipinski definition) is 0. The van der Waals surface area contributed by atoms with Crippen LogP contribution in [0.2, 0.25) is 0 Å². The van der Waals surface area contributed by atoms with Crippen LogP contribution >= 0.6 is 0 Å². The summed E-state index contributed by atoms with van der Waals surface area (Å²) in [4.78, 5) is 36.5. The Kier molecular flexibility index (Phi) is 6.00. The van der Waals surface area contributed by atoms with Gasteiger partial charge in [0.25, 0.3) is 5.91 Å². The summed E-state index contributed by atoms with van der Waals surface area (Å²) in [5.41, 5.74) is 3.83. The first-order valence-electron chi connectivity index (χ1n) is 11.0. The Bertz CT molecular complexity index is 1030. The van der Waals surface area contributed by atoms with E-state index < -0.39 is 6.04 Å². The molecule has 1 aromatic rings. The SMILES string of the molecule is C=C(C)C[N+]1=C(n2nc(C)c(C)c2C)N=C2C1C(=O)N(CCN1CCOCC1)C(=O)N2C. The Morgan fingerprint density at radius 1 is 1.19 bits per heavy atom. The number of aliphatic imine (C=N–C) groups is 1. The van der Waals surface area contributed by atoms with E-state index in [9.17, 15) is 9.59 Å². The molecular formula is C22H32N7O3+. The Labute approximate surface area is 188 Å². The lowest BCUT2D eigenvalue weighted by Crippen LogP contribution is -2.63. The molecular weight excluding hydrogens is 410 g/mol. The standard InChI is InChI=1S/C22H32N7O3/c1-14(2)13-28-18-19(23-21(28)29-17(5)15(3)16(4)24-29)25(6)22(31)27(20(18)30)8-7-26-9-11-32-12-10-26/h18H,1,7-13H2,2-6H3/q+1. The van der Waals surface area contributed by atoms with Crippen LogP contribution in [0.4, 0.5) is 4.79 Å². The molecule has 3 amide bonds. The molecule has 0 aromatic carbocycles. The third-order valence-corrected chi connectivity index (χ3v) is 6.42. The normalized spacial score (nSPS) is 22.0. The number of carbonyl (C=O) groups excluding carboxylic acids is 2. The first-order valence-corrected chi connectivity index (χ1v) is 11.0. The largest absolute Gasteiger partial charge is 0.421 e. The Balaban J connectivity index is 1.69. The zero-order valence-corrected chi connectivity index (χ0v) is 19.6. The van der Waals surface area contributed by atoms with Crippen molar-refractivity contribution in [2.24, 2.45) is 4.99 Å². The lowest BCUT2D eigenvalue weighted by molar-refractivity contribution is -0.529. The van der Waals surface area contributed by atoms with Gasteiger partial charge in [-0.2, -0.15) is 0 Å². The highest BCUT2D eigenvalue weighted by Crippen LogP contribution is 2.22. The van der Waals surface area contributed by atoms with Crippen LogP contribution in [-0.2, 0) is 9.53 Å². The molecule has 0 aliphatic carbocycles. The molecule has 1 unspecified atom stereocenters. The molecule has 2 fully saturated rings. The number of likely N-dealkylation sites (N-methyl/N-ethyl adjacent to an activating group) is 1. The third kappa shape index (κ3) is 3.77. The number of morpholine rings is 1. The van der Waals surface area contributed by atoms with Crippen LogP contribution in [-0.4, -0.2) is 112 Å². The van der Waals surface area contributed by atoms with Crippen LogP contribution in [0.15, 0.2) is 17.1 Å². The van der Waals surface area contributed by atoms with Crippen molar-refractivity contribution in [1.82, 2.24) is 24.5 Å². The molecule has 1 aromatic heterocycles. The first kappa shape index (κ1) is 22.3. The summed E-state index contributed by atoms with van der Waals surface area (Å²) in [5.74, 6) is 0.725. The summed E-state index contributed by atoms with van der Waals surface area (Å²) in [6.07, 6.45) is 0. The molecule has 4 heterocycles. The van der Waals surface area contributed by atoms with Crippen molar-refractivity contribution in [3.63, 3.8) is 0 Å². The highest BCUT2D eigenvalue weighted by atomic mass is 16.5. The molecule has 172 valence electrons. The van der Waals surface area contributed by atoms with Crippen molar-refractivity contribution < 1.29 is 18.9 Å². The summed E-state index contributed by atoms with van der Waals surface area (Å²) in [7, 11) is 1.68. The highest BCUT2D eigenvalue weighted by molar-refractivity contribution is 6.23. The Morgan fingerprint density at radius 2 is 1.88 bits per heavy atom. The van der Waals surface area contributed by atoms with Crippen molar-refractivity contribution >= 4 is 23.7 Å². The Hall–Kier alpha value is -2.85. The molecule has 10 nitrogen and oxygen atoms in total. The van der Waals surface area contributed by atoms with E-state index in [-0.39, 0.29) is 11.9 Å². The van der Waals surface area contributed by atoms with Crippen LogP contribution in [0.5, 0.6) is 0 Å². The van der Waals surface area contributed by atoms with Crippen LogP contribution in [0, 0.1) is 20.8 Å². The van der Waals surface area contributed by atoms with E-state index in [0.717, 1.165) is 35.6 Å². The number of imide groups is 1. The van der Waals surface area contributed by atoms with E-state index in [4.69, 9.17) is 9.73 Å². The maximum absolute atomic E-state index is 13.6. The van der Waals surface area contributed by atoms with Gasteiger partial charge in [-0.25, -0.2) is 9.37 Å². The summed E-state index contributed by atoms with van der Waals surface area (Å²) in [6, 6.07) is -1.03. The number of carbonyl (C=O) groups is 2. The van der Waals surface area contributed by atoms with Gasteiger partial charge in [-0.15, -0.1) is 9.78 Å². The van der Waals surface area contributed by atoms with Gasteiger partial charge in [0.05, 0.1) is 25.5 Å². The summed E-state index contributed by atoms with van der Waals surface area (Å²) >= 11 is 0. The average molecular weight is 443 g/mol. The molecule has 0 bridgehead atoms. The number of amides is 3. The van der Waals surface area contributed by atoms with E-state index in [1.807, 2.05) is 32.3 Å². The van der Waals surface area contributed by atoms with E-state index >= 15 is 0 Å². The maximum Gasteiger partial charge on any atom is 0.421 e. The quantitative estimate of drug-likeness (QED) is 0.493. The van der Waals surface area contributed by atoms with Gasteiger partial charge in [-0.3, -0.25) is 19.5 Å². The molecule has 32 heavy (non-hydrogen) atoms. The minimum absolute atomic E-state index is 0.255. The minimum atomic E-state index is -0.682. The molecule has 0 saturated carbocycles. The fourth-order valence-electron chi connectivity index (χ4n) is 4.32. The lowest BCUT2D eigenvalue weighted by atomic mass is 10.1. The second kappa shape index (κ2) is 8.59. The molecule has 3 aliphatic rings. The lowest BCUT2D eigenvalue weighted by Gasteiger charge is -2.35. The summed E-state index contributed by atoms with van der Waals surface area (Å²) < 4.78 is 9.07. The summed E-state index contributed by atoms with van der Waals surface area (Å²) in [5, 5.41) is 4.65. The third-order valence-electron chi connectivity index (χ3n) is 6.42. The number of fused-ring (bicyclic) bond motifs is 1. The fourth-order valence-corrected chi connectivity index (χ4v) is 4.32. The van der Waals surface area contributed by atoms with Gasteiger partial charge in [-0.1, -0.05) is 11.6 Å². The van der Waals surface area contributed by atoms with Gasteiger partial charge < -0.3 is 4.74 Å². The maximum atomic E-state index is 13.6. The number of urea groups is 1. The van der Waals surface area contributed by atoms with Crippen LogP contribution in [0.1, 0.15) is 23.9 Å². The number of rotatable bonds is 5. The number of aryl methyl sites for hydroxylation is 1. The van der Waals surface area contributed by atoms with Crippen LogP contribution in [0.3, 0.4) is 0 Å². The second-order valence-corrected chi connectivity index (χ2v) is 8.75. The van der Waals surface area contributed by atoms with Crippen molar-refractivity contribution in [3.05, 3.63) is 29.1 Å². The molecule has 0 spiro atoms. The molecule has 3 aliphatic heterocycles. The van der Waals surface area contributed by atoms with Gasteiger partial charge >= 0.3 is 12.0 Å². The smallest absolute Gasteiger partial charge is 0.379 e. The highest BCUT2D eigenvalue weighted by Gasteiger charge is 2.53. The molecule has 1 atom stereocenters. The van der Waals surface area contributed by atoms with E-state index in [2.05, 4.69) is 16.6 Å². The van der Waals surface area contributed by atoms with Crippen molar-refractivity contribution in [1.29, 1.82) is 0 Å². The zero-order chi connectivity index (χ0) is 23.2. The van der Waals surface area contributed by atoms with E-state index in [1.54, 1.807) is 11.7 Å². The monoisotopic (exact) mass is 442 g/mol. The predicted molar refractivity (Wildman–Crippen MR) is 120 cm³/mol. The molecule has 0 N–H and O–H groups in total. The molecule has 2 saturated heterocycles. The fraction of sp³-hybridized carbons (Fsp3) is 0.591. The van der Waals surface area contributed by atoms with Crippen molar-refractivity contribution in [3.8, 4) is 0 Å². The predicted octanol–water partition coefficient (Wildman–Crippen LogP) is 0.608. The first-order chi connectivity index (χ1) is 15.2.